The third kappa shape index (κ3) is 3.79. The van der Waals surface area contributed by atoms with Crippen LogP contribution in [0.5, 0.6) is 0 Å². The number of amides is 1. The van der Waals surface area contributed by atoms with Gasteiger partial charge in [-0.3, -0.25) is 19.7 Å². The Morgan fingerprint density at radius 3 is 2.70 bits per heavy atom. The lowest BCUT2D eigenvalue weighted by Crippen LogP contribution is -2.41. The van der Waals surface area contributed by atoms with E-state index in [0.29, 0.717) is 19.5 Å². The highest BCUT2D eigenvalue weighted by Crippen LogP contribution is 2.24. The second-order valence-electron chi connectivity index (χ2n) is 7.74. The van der Waals surface area contributed by atoms with E-state index in [9.17, 15) is 19.5 Å². The summed E-state index contributed by atoms with van der Waals surface area (Å²) in [6.45, 7) is 3.85. The van der Waals surface area contributed by atoms with Crippen LogP contribution in [0.4, 0.5) is 4.79 Å². The average molecular weight is 412 g/mol. The maximum Gasteiger partial charge on any atom is 0.331 e. The molecule has 0 spiro atoms. The van der Waals surface area contributed by atoms with Gasteiger partial charge in [0.05, 0.1) is 12.1 Å². The first-order valence-corrected chi connectivity index (χ1v) is 9.77. The average Bonchev–Trinajstić information content (AvgIpc) is 3.32. The first-order chi connectivity index (χ1) is 14.3. The van der Waals surface area contributed by atoms with E-state index < -0.39 is 17.3 Å². The van der Waals surface area contributed by atoms with Gasteiger partial charge in [0.25, 0.3) is 5.56 Å². The first-order valence-electron chi connectivity index (χ1n) is 9.77. The van der Waals surface area contributed by atoms with E-state index in [1.54, 1.807) is 11.9 Å². The predicted molar refractivity (Wildman–Crippen MR) is 111 cm³/mol. The molecule has 1 aliphatic rings. The van der Waals surface area contributed by atoms with Crippen molar-refractivity contribution < 1.29 is 9.90 Å². The lowest BCUT2D eigenvalue weighted by atomic mass is 10.0. The fourth-order valence-corrected chi connectivity index (χ4v) is 3.85. The van der Waals surface area contributed by atoms with Gasteiger partial charge < -0.3 is 10.0 Å². The normalized spacial score (nSPS) is 18.0. The van der Waals surface area contributed by atoms with E-state index in [-0.39, 0.29) is 23.3 Å². The number of hydrogen-bond acceptors (Lipinski definition) is 6. The van der Waals surface area contributed by atoms with Crippen molar-refractivity contribution in [1.29, 1.82) is 0 Å². The SMILES string of the molecule is Cc1ccc([C@@H](CN2CC[C@H](O)C2)N(C)C(=O)n2cnc3c(=O)[nH]c(=O)[nH]c32)cc1. The second kappa shape index (κ2) is 7.88. The summed E-state index contributed by atoms with van der Waals surface area (Å²) in [4.78, 5) is 49.2. The monoisotopic (exact) mass is 412 g/mol. The van der Waals surface area contributed by atoms with Crippen LogP contribution in [0.1, 0.15) is 23.6 Å². The minimum absolute atomic E-state index is 0.00842. The maximum atomic E-state index is 13.3. The van der Waals surface area contributed by atoms with Gasteiger partial charge in [0.2, 0.25) is 0 Å². The Morgan fingerprint density at radius 1 is 1.30 bits per heavy atom. The van der Waals surface area contributed by atoms with Gasteiger partial charge in [-0.1, -0.05) is 29.8 Å². The van der Waals surface area contributed by atoms with Gasteiger partial charge in [0.1, 0.15) is 6.33 Å². The van der Waals surface area contributed by atoms with Crippen molar-refractivity contribution in [3.63, 3.8) is 0 Å². The predicted octanol–water partition coefficient (Wildman–Crippen LogP) is 0.429. The van der Waals surface area contributed by atoms with Gasteiger partial charge in [0.15, 0.2) is 11.2 Å². The highest BCUT2D eigenvalue weighted by molar-refractivity contribution is 5.86. The van der Waals surface area contributed by atoms with Crippen LogP contribution in [0.15, 0.2) is 40.2 Å². The summed E-state index contributed by atoms with van der Waals surface area (Å²) in [5.41, 5.74) is 0.759. The maximum absolute atomic E-state index is 13.3. The van der Waals surface area contributed by atoms with Crippen molar-refractivity contribution in [2.45, 2.75) is 25.5 Å². The number of nitrogens with one attached hydrogen (secondary N) is 2. The Kier molecular flexibility index (Phi) is 5.27. The molecule has 0 radical (unpaired) electrons. The Bertz CT molecular complexity index is 1180. The van der Waals surface area contributed by atoms with Crippen LogP contribution >= 0.6 is 0 Å². The van der Waals surface area contributed by atoms with E-state index in [1.807, 2.05) is 31.2 Å². The minimum atomic E-state index is -0.703. The van der Waals surface area contributed by atoms with Gasteiger partial charge in [-0.05, 0) is 18.9 Å². The molecule has 30 heavy (non-hydrogen) atoms. The zero-order valence-corrected chi connectivity index (χ0v) is 16.8. The number of likely N-dealkylation sites (N-methyl/N-ethyl adjacent to an activating group) is 1. The number of likely N-dealkylation sites (tertiary alicyclic amines) is 1. The minimum Gasteiger partial charge on any atom is -0.392 e. The number of aromatic nitrogens is 4. The highest BCUT2D eigenvalue weighted by Gasteiger charge is 2.29. The van der Waals surface area contributed by atoms with Gasteiger partial charge in [-0.15, -0.1) is 0 Å². The largest absolute Gasteiger partial charge is 0.392 e. The molecule has 3 N–H and O–H groups in total. The molecule has 2 atom stereocenters. The number of rotatable bonds is 4. The molecule has 1 aromatic carbocycles. The molecule has 3 heterocycles. The Balaban J connectivity index is 1.69. The lowest BCUT2D eigenvalue weighted by molar-refractivity contribution is 0.151. The Morgan fingerprint density at radius 2 is 2.03 bits per heavy atom. The number of carbonyl (C=O) groups excluding carboxylic acids is 1. The summed E-state index contributed by atoms with van der Waals surface area (Å²) in [7, 11) is 1.68. The number of benzene rings is 1. The number of carbonyl (C=O) groups is 1. The molecule has 158 valence electrons. The van der Waals surface area contributed by atoms with Crippen LogP contribution in [-0.4, -0.2) is 73.2 Å². The lowest BCUT2D eigenvalue weighted by Gasteiger charge is -2.32. The molecule has 10 nitrogen and oxygen atoms in total. The van der Waals surface area contributed by atoms with Crippen LogP contribution in [0.3, 0.4) is 0 Å². The van der Waals surface area contributed by atoms with E-state index in [2.05, 4.69) is 19.9 Å². The van der Waals surface area contributed by atoms with Gasteiger partial charge >= 0.3 is 11.7 Å². The zero-order valence-electron chi connectivity index (χ0n) is 16.8. The molecule has 0 bridgehead atoms. The van der Waals surface area contributed by atoms with Gasteiger partial charge in [0, 0.05) is 26.7 Å². The summed E-state index contributed by atoms with van der Waals surface area (Å²) in [6, 6.07) is 7.22. The molecular formula is C20H24N6O4. The molecule has 4 rings (SSSR count). The Hall–Kier alpha value is -3.24. The molecule has 2 aromatic heterocycles. The molecule has 1 fully saturated rings. The third-order valence-corrected chi connectivity index (χ3v) is 5.56. The standard InChI is InChI=1S/C20H24N6O4/c1-12-3-5-13(6-4-12)15(10-25-8-7-14(27)9-25)24(2)20(30)26-11-21-16-17(26)22-19(29)23-18(16)28/h3-6,11,14-15,27H,7-10H2,1-2H3,(H2,22,23,28,29)/t14-,15+/m0/s1. The van der Waals surface area contributed by atoms with Crippen molar-refractivity contribution in [1.82, 2.24) is 29.3 Å². The number of aromatic amines is 2. The molecule has 10 heteroatoms. The smallest absolute Gasteiger partial charge is 0.331 e. The fourth-order valence-electron chi connectivity index (χ4n) is 3.85. The summed E-state index contributed by atoms with van der Waals surface area (Å²) < 4.78 is 1.17. The quantitative estimate of drug-likeness (QED) is 0.570. The first kappa shape index (κ1) is 20.0. The summed E-state index contributed by atoms with van der Waals surface area (Å²) in [6.07, 6.45) is 1.58. The number of imidazole rings is 1. The van der Waals surface area contributed by atoms with Crippen LogP contribution < -0.4 is 11.2 Å². The number of nitrogens with zero attached hydrogens (tertiary/aromatic N) is 4. The molecule has 0 saturated carbocycles. The molecule has 1 saturated heterocycles. The molecule has 1 aliphatic heterocycles. The van der Waals surface area contributed by atoms with Crippen LogP contribution in [0.25, 0.3) is 11.2 Å². The van der Waals surface area contributed by atoms with Crippen molar-refractivity contribution in [2.24, 2.45) is 0 Å². The second-order valence-corrected chi connectivity index (χ2v) is 7.74. The molecule has 0 aliphatic carbocycles. The van der Waals surface area contributed by atoms with Gasteiger partial charge in [-0.2, -0.15) is 0 Å². The molecular weight excluding hydrogens is 388 g/mol. The van der Waals surface area contributed by atoms with Crippen molar-refractivity contribution in [2.75, 3.05) is 26.7 Å². The van der Waals surface area contributed by atoms with E-state index in [0.717, 1.165) is 17.7 Å². The number of aryl methyl sites for hydroxylation is 1. The summed E-state index contributed by atoms with van der Waals surface area (Å²) in [5, 5.41) is 9.89. The molecule has 3 aromatic rings. The fraction of sp³-hybridized carbons (Fsp3) is 0.400. The number of H-pyrrole nitrogens is 2. The number of β-amino-alcohol motifs (C(OH)–C–C–N with tert-alkyl or cyclic N) is 1. The van der Waals surface area contributed by atoms with Crippen molar-refractivity contribution >= 4 is 17.2 Å². The molecule has 1 amide bonds. The highest BCUT2D eigenvalue weighted by atomic mass is 16.3. The third-order valence-electron chi connectivity index (χ3n) is 5.56. The van der Waals surface area contributed by atoms with E-state index in [4.69, 9.17) is 0 Å². The van der Waals surface area contributed by atoms with Crippen LogP contribution in [0.2, 0.25) is 0 Å². The molecule has 0 unspecified atom stereocenters. The summed E-state index contributed by atoms with van der Waals surface area (Å²) in [5.74, 6) is 0. The summed E-state index contributed by atoms with van der Waals surface area (Å²) >= 11 is 0. The van der Waals surface area contributed by atoms with E-state index in [1.165, 1.54) is 10.9 Å². The number of fused-ring (bicyclic) bond motifs is 1. The Labute approximate surface area is 171 Å². The van der Waals surface area contributed by atoms with Crippen molar-refractivity contribution in [3.05, 3.63) is 62.6 Å². The van der Waals surface area contributed by atoms with Crippen LogP contribution in [-0.2, 0) is 0 Å². The van der Waals surface area contributed by atoms with Crippen molar-refractivity contribution in [3.8, 4) is 0 Å². The topological polar surface area (TPSA) is 127 Å². The van der Waals surface area contributed by atoms with E-state index >= 15 is 0 Å². The van der Waals surface area contributed by atoms with Gasteiger partial charge in [-0.25, -0.2) is 19.1 Å². The zero-order chi connectivity index (χ0) is 21.4. The number of aliphatic hydroxyl groups excluding tert-OH is 1. The van der Waals surface area contributed by atoms with Crippen LogP contribution in [0, 0.1) is 6.92 Å². The number of aliphatic hydroxyl groups is 1. The number of hydrogen-bond donors (Lipinski definition) is 3.